The molecule has 0 aromatic heterocycles. The molecule has 19 heavy (non-hydrogen) atoms. The number of ether oxygens (including phenoxy) is 1. The van der Waals surface area contributed by atoms with E-state index in [0.717, 1.165) is 13.0 Å². The molecular weight excluding hydrogens is 242 g/mol. The Bertz CT molecular complexity index is 357. The molecule has 0 bridgehead atoms. The quantitative estimate of drug-likeness (QED) is 0.642. The second kappa shape index (κ2) is 9.35. The standard InChI is InChI=1S/C14H23N3O2/c1-17(13-6-3-2-4-7-13)10-5-9-16-14(18)12-19-11-8-15/h2-4,6-7H,5,8-12,15H2,1H3,(H,16,18). The number of para-hydroxylation sites is 1. The number of hydrogen-bond acceptors (Lipinski definition) is 4. The molecule has 3 N–H and O–H groups in total. The Hall–Kier alpha value is -1.59. The summed E-state index contributed by atoms with van der Waals surface area (Å²) >= 11 is 0. The van der Waals surface area contributed by atoms with Gasteiger partial charge < -0.3 is 20.7 Å². The number of nitrogens with one attached hydrogen (secondary N) is 1. The van der Waals surface area contributed by atoms with Crippen molar-refractivity contribution >= 4 is 11.6 Å². The van der Waals surface area contributed by atoms with Crippen LogP contribution in [0, 0.1) is 0 Å². The summed E-state index contributed by atoms with van der Waals surface area (Å²) < 4.78 is 5.04. The molecule has 0 saturated carbocycles. The SMILES string of the molecule is CN(CCCNC(=O)COCCN)c1ccccc1. The molecule has 5 heteroatoms. The molecule has 0 aliphatic rings. The van der Waals surface area contributed by atoms with Crippen molar-refractivity contribution in [1.82, 2.24) is 5.32 Å². The first-order valence-electron chi connectivity index (χ1n) is 6.54. The zero-order valence-corrected chi connectivity index (χ0v) is 11.5. The normalized spacial score (nSPS) is 10.2. The molecule has 5 nitrogen and oxygen atoms in total. The summed E-state index contributed by atoms with van der Waals surface area (Å²) in [5, 5.41) is 2.82. The van der Waals surface area contributed by atoms with Crippen LogP contribution >= 0.6 is 0 Å². The first-order valence-corrected chi connectivity index (χ1v) is 6.54. The molecule has 1 rings (SSSR count). The van der Waals surface area contributed by atoms with E-state index in [9.17, 15) is 4.79 Å². The highest BCUT2D eigenvalue weighted by Crippen LogP contribution is 2.10. The van der Waals surface area contributed by atoms with Crippen molar-refractivity contribution in [3.8, 4) is 0 Å². The van der Waals surface area contributed by atoms with Crippen LogP contribution in [0.3, 0.4) is 0 Å². The molecule has 0 atom stereocenters. The monoisotopic (exact) mass is 265 g/mol. The van der Waals surface area contributed by atoms with E-state index in [1.165, 1.54) is 5.69 Å². The lowest BCUT2D eigenvalue weighted by atomic mass is 10.3. The minimum Gasteiger partial charge on any atom is -0.375 e. The second-order valence-electron chi connectivity index (χ2n) is 4.30. The summed E-state index contributed by atoms with van der Waals surface area (Å²) in [6, 6.07) is 10.2. The molecule has 0 heterocycles. The number of hydrogen-bond donors (Lipinski definition) is 2. The Kier molecular flexibility index (Phi) is 7.62. The summed E-state index contributed by atoms with van der Waals surface area (Å²) in [7, 11) is 2.04. The van der Waals surface area contributed by atoms with E-state index < -0.39 is 0 Å². The number of benzene rings is 1. The fourth-order valence-electron chi connectivity index (χ4n) is 1.65. The molecule has 1 aromatic rings. The lowest BCUT2D eigenvalue weighted by Crippen LogP contribution is -2.31. The predicted octanol–water partition coefficient (Wildman–Crippen LogP) is 0.604. The smallest absolute Gasteiger partial charge is 0.245 e. The topological polar surface area (TPSA) is 67.6 Å². The van der Waals surface area contributed by atoms with Gasteiger partial charge in [0.2, 0.25) is 5.91 Å². The first-order chi connectivity index (χ1) is 9.24. The number of nitrogens with two attached hydrogens (primary N) is 1. The molecule has 0 unspecified atom stereocenters. The van der Waals surface area contributed by atoms with Gasteiger partial charge in [0.05, 0.1) is 6.61 Å². The van der Waals surface area contributed by atoms with Crippen LogP contribution in [-0.4, -0.2) is 45.8 Å². The van der Waals surface area contributed by atoms with Crippen molar-refractivity contribution in [2.45, 2.75) is 6.42 Å². The highest BCUT2D eigenvalue weighted by molar-refractivity contribution is 5.77. The van der Waals surface area contributed by atoms with Crippen molar-refractivity contribution in [2.75, 3.05) is 44.8 Å². The van der Waals surface area contributed by atoms with Gasteiger partial charge >= 0.3 is 0 Å². The number of carbonyl (C=O) groups is 1. The summed E-state index contributed by atoms with van der Waals surface area (Å²) in [6.07, 6.45) is 0.897. The Morgan fingerprint density at radius 2 is 2.11 bits per heavy atom. The largest absolute Gasteiger partial charge is 0.375 e. The third-order valence-corrected chi connectivity index (χ3v) is 2.68. The molecule has 1 aromatic carbocycles. The number of nitrogens with zero attached hydrogens (tertiary/aromatic N) is 1. The van der Waals surface area contributed by atoms with Crippen molar-refractivity contribution in [3.63, 3.8) is 0 Å². The molecular formula is C14H23N3O2. The average molecular weight is 265 g/mol. The maximum Gasteiger partial charge on any atom is 0.245 e. The van der Waals surface area contributed by atoms with E-state index >= 15 is 0 Å². The zero-order valence-electron chi connectivity index (χ0n) is 11.5. The van der Waals surface area contributed by atoms with Gasteiger partial charge in [0.1, 0.15) is 6.61 Å². The van der Waals surface area contributed by atoms with Gasteiger partial charge in [0, 0.05) is 32.4 Å². The van der Waals surface area contributed by atoms with Gasteiger partial charge in [-0.15, -0.1) is 0 Å². The maximum atomic E-state index is 11.3. The van der Waals surface area contributed by atoms with Gasteiger partial charge in [-0.05, 0) is 18.6 Å². The van der Waals surface area contributed by atoms with E-state index in [1.807, 2.05) is 25.2 Å². The number of amides is 1. The van der Waals surface area contributed by atoms with Gasteiger partial charge in [0.15, 0.2) is 0 Å². The molecule has 0 radical (unpaired) electrons. The van der Waals surface area contributed by atoms with Crippen LogP contribution in [0.1, 0.15) is 6.42 Å². The number of carbonyl (C=O) groups excluding carboxylic acids is 1. The van der Waals surface area contributed by atoms with Crippen LogP contribution in [0.15, 0.2) is 30.3 Å². The molecule has 0 fully saturated rings. The van der Waals surface area contributed by atoms with E-state index in [4.69, 9.17) is 10.5 Å². The van der Waals surface area contributed by atoms with Crippen LogP contribution in [0.25, 0.3) is 0 Å². The van der Waals surface area contributed by atoms with Crippen LogP contribution in [0.5, 0.6) is 0 Å². The van der Waals surface area contributed by atoms with E-state index in [2.05, 4.69) is 22.3 Å². The molecule has 0 spiro atoms. The van der Waals surface area contributed by atoms with Crippen molar-refractivity contribution < 1.29 is 9.53 Å². The maximum absolute atomic E-state index is 11.3. The first kappa shape index (κ1) is 15.5. The van der Waals surface area contributed by atoms with Gasteiger partial charge in [0.25, 0.3) is 0 Å². The Labute approximate surface area is 114 Å². The van der Waals surface area contributed by atoms with Gasteiger partial charge in [-0.1, -0.05) is 18.2 Å². The van der Waals surface area contributed by atoms with Crippen LogP contribution in [0.4, 0.5) is 5.69 Å². The molecule has 0 saturated heterocycles. The minimum absolute atomic E-state index is 0.0872. The average Bonchev–Trinajstić information content (AvgIpc) is 2.44. The van der Waals surface area contributed by atoms with Crippen LogP contribution < -0.4 is 16.0 Å². The third-order valence-electron chi connectivity index (χ3n) is 2.68. The highest BCUT2D eigenvalue weighted by atomic mass is 16.5. The van der Waals surface area contributed by atoms with Gasteiger partial charge in [-0.2, -0.15) is 0 Å². The van der Waals surface area contributed by atoms with Crippen molar-refractivity contribution in [2.24, 2.45) is 5.73 Å². The molecule has 0 aliphatic carbocycles. The van der Waals surface area contributed by atoms with E-state index in [0.29, 0.717) is 19.7 Å². The number of anilines is 1. The Morgan fingerprint density at radius 3 is 2.79 bits per heavy atom. The minimum atomic E-state index is -0.0872. The third kappa shape index (κ3) is 6.79. The molecule has 106 valence electrons. The van der Waals surface area contributed by atoms with Gasteiger partial charge in [-0.25, -0.2) is 0 Å². The second-order valence-corrected chi connectivity index (χ2v) is 4.30. The summed E-state index contributed by atoms with van der Waals surface area (Å²) in [5.41, 5.74) is 6.44. The number of rotatable bonds is 9. The van der Waals surface area contributed by atoms with Crippen LogP contribution in [-0.2, 0) is 9.53 Å². The predicted molar refractivity (Wildman–Crippen MR) is 77.2 cm³/mol. The van der Waals surface area contributed by atoms with Crippen molar-refractivity contribution in [3.05, 3.63) is 30.3 Å². The zero-order chi connectivity index (χ0) is 13.9. The fraction of sp³-hybridized carbons (Fsp3) is 0.500. The molecule has 0 aliphatic heterocycles. The summed E-state index contributed by atoms with van der Waals surface area (Å²) in [6.45, 7) is 2.50. The van der Waals surface area contributed by atoms with E-state index in [-0.39, 0.29) is 12.5 Å². The lowest BCUT2D eigenvalue weighted by Gasteiger charge is -2.19. The van der Waals surface area contributed by atoms with Crippen molar-refractivity contribution in [1.29, 1.82) is 0 Å². The van der Waals surface area contributed by atoms with Crippen LogP contribution in [0.2, 0.25) is 0 Å². The Balaban J connectivity index is 2.09. The van der Waals surface area contributed by atoms with Gasteiger partial charge in [-0.3, -0.25) is 4.79 Å². The molecule has 1 amide bonds. The van der Waals surface area contributed by atoms with E-state index in [1.54, 1.807) is 0 Å². The Morgan fingerprint density at radius 1 is 1.37 bits per heavy atom. The summed E-state index contributed by atoms with van der Waals surface area (Å²) in [5.74, 6) is -0.0872. The fourth-order valence-corrected chi connectivity index (χ4v) is 1.65. The lowest BCUT2D eigenvalue weighted by molar-refractivity contribution is -0.125. The highest BCUT2D eigenvalue weighted by Gasteiger charge is 2.02. The summed E-state index contributed by atoms with van der Waals surface area (Å²) in [4.78, 5) is 13.5.